The Bertz CT molecular complexity index is 1090. The summed E-state index contributed by atoms with van der Waals surface area (Å²) in [5, 5.41) is 1.90. The Morgan fingerprint density at radius 3 is 1.03 bits per heavy atom. The lowest BCUT2D eigenvalue weighted by molar-refractivity contribution is 0.171. The lowest BCUT2D eigenvalue weighted by atomic mass is 10.3. The predicted molar refractivity (Wildman–Crippen MR) is 119 cm³/mol. The third-order valence-electron chi connectivity index (χ3n) is 5.67. The van der Waals surface area contributed by atoms with E-state index in [-0.39, 0.29) is 0 Å². The summed E-state index contributed by atoms with van der Waals surface area (Å²) in [6.45, 7) is 2.84. The summed E-state index contributed by atoms with van der Waals surface area (Å²) < 4.78 is 49.3. The van der Waals surface area contributed by atoms with Gasteiger partial charge in [-0.15, -0.1) is 0 Å². The van der Waals surface area contributed by atoms with Gasteiger partial charge >= 0.3 is 0 Å². The molecule has 0 atom stereocenters. The van der Waals surface area contributed by atoms with E-state index in [0.29, 0.717) is 90.1 Å². The molecule has 0 aromatic heterocycles. The minimum absolute atomic E-state index is 0.453. The van der Waals surface area contributed by atoms with Gasteiger partial charge in [0.25, 0.3) is 0 Å². The summed E-state index contributed by atoms with van der Waals surface area (Å²) in [7, 11) is -3.32. The molecule has 6 rings (SSSR count). The van der Waals surface area contributed by atoms with Gasteiger partial charge in [-0.2, -0.15) is 0 Å². The zero-order valence-corrected chi connectivity index (χ0v) is 18.1. The number of hydrogen-bond acceptors (Lipinski definition) is 7. The van der Waals surface area contributed by atoms with E-state index in [1.54, 1.807) is 0 Å². The topological polar surface area (TPSA) is 72.5 Å². The molecule has 7 nitrogen and oxygen atoms in total. The molecule has 0 aliphatic carbocycles. The summed E-state index contributed by atoms with van der Waals surface area (Å²) in [6, 6.07) is 16.4. The summed E-state index contributed by atoms with van der Waals surface area (Å²) >= 11 is 0. The van der Waals surface area contributed by atoms with Gasteiger partial charge in [-0.25, -0.2) is 0 Å². The Balaban J connectivity index is 1.54. The molecular formula is C24H21O7P. The highest BCUT2D eigenvalue weighted by atomic mass is 31.2. The molecule has 3 aliphatic heterocycles. The first-order chi connectivity index (χ1) is 15.7. The first-order valence-corrected chi connectivity index (χ1v) is 12.2. The molecule has 0 amide bonds. The summed E-state index contributed by atoms with van der Waals surface area (Å²) in [4.78, 5) is 0. The van der Waals surface area contributed by atoms with Crippen molar-refractivity contribution in [2.24, 2.45) is 0 Å². The molecule has 0 bridgehead atoms. The van der Waals surface area contributed by atoms with E-state index in [2.05, 4.69) is 0 Å². The molecule has 3 aromatic rings. The van der Waals surface area contributed by atoms with Crippen LogP contribution in [-0.2, 0) is 4.57 Å². The van der Waals surface area contributed by atoms with Crippen molar-refractivity contribution in [3.05, 3.63) is 54.6 Å². The highest BCUT2D eigenvalue weighted by Gasteiger charge is 2.34. The monoisotopic (exact) mass is 452 g/mol. The van der Waals surface area contributed by atoms with Crippen LogP contribution >= 0.6 is 7.14 Å². The van der Waals surface area contributed by atoms with Crippen LogP contribution in [0.25, 0.3) is 0 Å². The van der Waals surface area contributed by atoms with Crippen LogP contribution in [0.4, 0.5) is 0 Å². The fourth-order valence-corrected chi connectivity index (χ4v) is 6.78. The third kappa shape index (κ3) is 3.16. The van der Waals surface area contributed by atoms with Crippen LogP contribution in [-0.4, -0.2) is 39.6 Å². The van der Waals surface area contributed by atoms with E-state index in [9.17, 15) is 4.57 Å². The first-order valence-electron chi connectivity index (χ1n) is 10.5. The van der Waals surface area contributed by atoms with Crippen molar-refractivity contribution in [1.29, 1.82) is 0 Å². The van der Waals surface area contributed by atoms with E-state index in [0.717, 1.165) is 0 Å². The SMILES string of the molecule is O=P(c1ccc2c(c1)OCCO2)(c1ccc2c(c1)OCCO2)c1ccc2c(c1)OCCO2. The minimum atomic E-state index is -3.32. The van der Waals surface area contributed by atoms with Gasteiger partial charge in [0.05, 0.1) is 0 Å². The van der Waals surface area contributed by atoms with Gasteiger partial charge in [0.1, 0.15) is 39.6 Å². The molecule has 0 saturated heterocycles. The van der Waals surface area contributed by atoms with Gasteiger partial charge in [-0.1, -0.05) is 0 Å². The van der Waals surface area contributed by atoms with Crippen LogP contribution in [0.2, 0.25) is 0 Å². The lowest BCUT2D eigenvalue weighted by Gasteiger charge is -2.26. The number of hydrogen-bond donors (Lipinski definition) is 0. The van der Waals surface area contributed by atoms with E-state index < -0.39 is 7.14 Å². The molecule has 0 spiro atoms. The molecule has 3 heterocycles. The number of rotatable bonds is 3. The fourth-order valence-electron chi connectivity index (χ4n) is 4.13. The molecule has 8 heteroatoms. The molecule has 0 N–H and O–H groups in total. The van der Waals surface area contributed by atoms with Crippen molar-refractivity contribution in [3.8, 4) is 34.5 Å². The quantitative estimate of drug-likeness (QED) is 0.566. The fraction of sp³-hybridized carbons (Fsp3) is 0.250. The molecule has 32 heavy (non-hydrogen) atoms. The summed E-state index contributed by atoms with van der Waals surface area (Å²) in [5.74, 6) is 3.71. The Kier molecular flexibility index (Phi) is 4.65. The molecular weight excluding hydrogens is 431 g/mol. The van der Waals surface area contributed by atoms with Crippen molar-refractivity contribution in [3.63, 3.8) is 0 Å². The van der Waals surface area contributed by atoms with Gasteiger partial charge in [0.15, 0.2) is 41.6 Å². The van der Waals surface area contributed by atoms with Crippen molar-refractivity contribution >= 4 is 23.1 Å². The van der Waals surface area contributed by atoms with Crippen molar-refractivity contribution in [1.82, 2.24) is 0 Å². The molecule has 0 fully saturated rings. The smallest absolute Gasteiger partial charge is 0.171 e. The molecule has 0 radical (unpaired) electrons. The van der Waals surface area contributed by atoms with Crippen LogP contribution in [0.3, 0.4) is 0 Å². The van der Waals surface area contributed by atoms with E-state index in [4.69, 9.17) is 28.4 Å². The van der Waals surface area contributed by atoms with E-state index >= 15 is 0 Å². The maximum absolute atomic E-state index is 15.0. The number of ether oxygens (including phenoxy) is 6. The van der Waals surface area contributed by atoms with E-state index in [1.807, 2.05) is 54.6 Å². The second-order valence-electron chi connectivity index (χ2n) is 7.59. The Morgan fingerprint density at radius 1 is 0.438 bits per heavy atom. The third-order valence-corrected chi connectivity index (χ3v) is 8.68. The Hall–Kier alpha value is -3.31. The molecule has 3 aromatic carbocycles. The predicted octanol–water partition coefficient (Wildman–Crippen LogP) is 2.64. The zero-order valence-electron chi connectivity index (χ0n) is 17.2. The molecule has 0 saturated carbocycles. The second-order valence-corrected chi connectivity index (χ2v) is 10.4. The van der Waals surface area contributed by atoms with Crippen molar-refractivity contribution < 1.29 is 33.0 Å². The normalized spacial score (nSPS) is 16.4. The molecule has 0 unspecified atom stereocenters. The minimum Gasteiger partial charge on any atom is -0.486 e. The van der Waals surface area contributed by atoms with E-state index in [1.165, 1.54) is 0 Å². The maximum Gasteiger partial charge on any atom is 0.171 e. The average Bonchev–Trinajstić information content (AvgIpc) is 2.87. The van der Waals surface area contributed by atoms with Gasteiger partial charge in [-0.3, -0.25) is 0 Å². The highest BCUT2D eigenvalue weighted by Crippen LogP contribution is 2.48. The first kappa shape index (κ1) is 19.4. The van der Waals surface area contributed by atoms with Gasteiger partial charge in [-0.05, 0) is 54.6 Å². The Morgan fingerprint density at radius 2 is 0.719 bits per heavy atom. The van der Waals surface area contributed by atoms with Gasteiger partial charge in [0.2, 0.25) is 0 Å². The van der Waals surface area contributed by atoms with Crippen LogP contribution in [0.1, 0.15) is 0 Å². The van der Waals surface area contributed by atoms with Gasteiger partial charge in [0, 0.05) is 15.9 Å². The lowest BCUT2D eigenvalue weighted by Crippen LogP contribution is -2.28. The number of fused-ring (bicyclic) bond motifs is 3. The molecule has 164 valence electrons. The van der Waals surface area contributed by atoms with Gasteiger partial charge < -0.3 is 33.0 Å². The molecule has 3 aliphatic rings. The van der Waals surface area contributed by atoms with Crippen LogP contribution in [0, 0.1) is 0 Å². The summed E-state index contributed by atoms with van der Waals surface area (Å²) in [6.07, 6.45) is 0. The Labute approximate surface area is 185 Å². The highest BCUT2D eigenvalue weighted by molar-refractivity contribution is 7.85. The van der Waals surface area contributed by atoms with Crippen LogP contribution < -0.4 is 44.3 Å². The van der Waals surface area contributed by atoms with Crippen molar-refractivity contribution in [2.45, 2.75) is 0 Å². The average molecular weight is 452 g/mol. The summed E-state index contributed by atoms with van der Waals surface area (Å²) in [5.41, 5.74) is 0. The standard InChI is InChI=1S/C24H21O7P/c25-32(16-1-4-19-22(13-16)29-10-7-26-19,17-2-5-20-23(14-17)30-11-8-27-20)18-3-6-21-24(15-18)31-12-9-28-21/h1-6,13-15H,7-12H2. The van der Waals surface area contributed by atoms with Crippen LogP contribution in [0.15, 0.2) is 54.6 Å². The van der Waals surface area contributed by atoms with Crippen LogP contribution in [0.5, 0.6) is 34.5 Å². The second kappa shape index (κ2) is 7.68. The number of benzene rings is 3. The van der Waals surface area contributed by atoms with Crippen molar-refractivity contribution in [2.75, 3.05) is 39.6 Å². The zero-order chi connectivity index (χ0) is 21.5. The maximum atomic E-state index is 15.0. The largest absolute Gasteiger partial charge is 0.486 e.